The van der Waals surface area contributed by atoms with E-state index < -0.39 is 11.9 Å². The Morgan fingerprint density at radius 3 is 2.73 bits per heavy atom. The minimum atomic E-state index is -4.59. The van der Waals surface area contributed by atoms with Gasteiger partial charge in [0.15, 0.2) is 5.69 Å². The molecule has 0 saturated carbocycles. The van der Waals surface area contributed by atoms with Crippen LogP contribution in [0.25, 0.3) is 11.1 Å². The average Bonchev–Trinajstić information content (AvgIpc) is 3.58. The number of hydrogen-bond acceptors (Lipinski definition) is 4. The van der Waals surface area contributed by atoms with Crippen molar-refractivity contribution in [3.05, 3.63) is 74.7 Å². The first-order valence-electron chi connectivity index (χ1n) is 12.3. The van der Waals surface area contributed by atoms with Crippen LogP contribution >= 0.6 is 22.9 Å². The summed E-state index contributed by atoms with van der Waals surface area (Å²) in [5, 5.41) is 3.82. The number of benzene rings is 1. The Bertz CT molecular complexity index is 1330. The van der Waals surface area contributed by atoms with Crippen LogP contribution in [-0.2, 0) is 24.1 Å². The van der Waals surface area contributed by atoms with E-state index in [2.05, 4.69) is 17.0 Å². The lowest BCUT2D eigenvalue weighted by Gasteiger charge is -2.33. The third-order valence-electron chi connectivity index (χ3n) is 7.25. The molecule has 2 aromatic heterocycles. The summed E-state index contributed by atoms with van der Waals surface area (Å²) in [5.74, 6) is -0.422. The molecule has 5 rings (SSSR count). The van der Waals surface area contributed by atoms with Gasteiger partial charge in [-0.3, -0.25) is 14.4 Å². The van der Waals surface area contributed by atoms with E-state index >= 15 is 0 Å². The minimum Gasteiger partial charge on any atom is -0.333 e. The molecule has 1 fully saturated rings. The van der Waals surface area contributed by atoms with Gasteiger partial charge in [0, 0.05) is 47.8 Å². The van der Waals surface area contributed by atoms with Gasteiger partial charge in [0.25, 0.3) is 0 Å². The van der Waals surface area contributed by atoms with Gasteiger partial charge in [0.2, 0.25) is 5.91 Å². The number of alkyl halides is 3. The van der Waals surface area contributed by atoms with E-state index in [0.29, 0.717) is 29.5 Å². The van der Waals surface area contributed by atoms with E-state index in [1.54, 1.807) is 30.0 Å². The van der Waals surface area contributed by atoms with Gasteiger partial charge in [0.1, 0.15) is 0 Å². The average molecular weight is 549 g/mol. The first-order valence-corrected chi connectivity index (χ1v) is 13.5. The van der Waals surface area contributed by atoms with Gasteiger partial charge in [-0.05, 0) is 56.1 Å². The number of aryl methyl sites for hydroxylation is 1. The Kier molecular flexibility index (Phi) is 7.22. The second kappa shape index (κ2) is 10.3. The molecule has 4 heterocycles. The van der Waals surface area contributed by atoms with Crippen LogP contribution in [0.5, 0.6) is 0 Å². The molecule has 196 valence electrons. The van der Waals surface area contributed by atoms with E-state index in [0.717, 1.165) is 35.4 Å². The number of halogens is 4. The fraction of sp³-hybridized carbons (Fsp3) is 0.407. The number of likely N-dealkylation sites (tertiary alicyclic amines) is 1. The van der Waals surface area contributed by atoms with Crippen molar-refractivity contribution >= 4 is 28.8 Å². The normalized spacial score (nSPS) is 20.6. The Morgan fingerprint density at radius 2 is 2.03 bits per heavy atom. The molecule has 1 aromatic carbocycles. The van der Waals surface area contributed by atoms with Crippen LogP contribution in [0.2, 0.25) is 4.34 Å². The lowest BCUT2D eigenvalue weighted by Crippen LogP contribution is -2.37. The number of carbonyl (C=O) groups excluding carboxylic acids is 1. The number of thiophene rings is 1. The molecule has 2 aliphatic rings. The molecule has 1 amide bonds. The molecule has 10 heteroatoms. The maximum Gasteiger partial charge on any atom is 0.435 e. The van der Waals surface area contributed by atoms with Crippen LogP contribution in [0, 0.1) is 0 Å². The molecule has 1 unspecified atom stereocenters. The predicted octanol–water partition coefficient (Wildman–Crippen LogP) is 6.43. The predicted molar refractivity (Wildman–Crippen MR) is 140 cm³/mol. The van der Waals surface area contributed by atoms with Crippen molar-refractivity contribution in [1.29, 1.82) is 0 Å². The van der Waals surface area contributed by atoms with Crippen molar-refractivity contribution in [2.75, 3.05) is 20.1 Å². The van der Waals surface area contributed by atoms with Crippen molar-refractivity contribution in [1.82, 2.24) is 19.6 Å². The van der Waals surface area contributed by atoms with E-state index in [-0.39, 0.29) is 23.4 Å². The second-order valence-electron chi connectivity index (χ2n) is 9.58. The van der Waals surface area contributed by atoms with Crippen molar-refractivity contribution in [2.45, 2.75) is 51.0 Å². The number of fused-ring (bicyclic) bond motifs is 1. The van der Waals surface area contributed by atoms with Crippen LogP contribution in [-0.4, -0.2) is 51.7 Å². The first kappa shape index (κ1) is 26.0. The molecule has 2 aliphatic heterocycles. The Balaban J connectivity index is 1.54. The zero-order valence-corrected chi connectivity index (χ0v) is 22.2. The van der Waals surface area contributed by atoms with Gasteiger partial charge in [-0.1, -0.05) is 41.9 Å². The summed E-state index contributed by atoms with van der Waals surface area (Å²) >= 11 is 7.80. The number of amides is 1. The maximum absolute atomic E-state index is 14.0. The third-order valence-corrected chi connectivity index (χ3v) is 8.52. The molecular formula is C27H28ClF3N4OS. The minimum absolute atomic E-state index is 0.0421. The van der Waals surface area contributed by atoms with E-state index in [1.165, 1.54) is 22.2 Å². The van der Waals surface area contributed by atoms with Gasteiger partial charge >= 0.3 is 6.18 Å². The largest absolute Gasteiger partial charge is 0.435 e. The Morgan fingerprint density at radius 1 is 1.24 bits per heavy atom. The highest BCUT2D eigenvalue weighted by molar-refractivity contribution is 7.16. The molecule has 0 aliphatic carbocycles. The quantitative estimate of drug-likeness (QED) is 0.345. The van der Waals surface area contributed by atoms with Crippen molar-refractivity contribution < 1.29 is 18.0 Å². The summed E-state index contributed by atoms with van der Waals surface area (Å²) in [4.78, 5) is 18.2. The van der Waals surface area contributed by atoms with Gasteiger partial charge in [0.05, 0.1) is 10.9 Å². The molecule has 5 nitrogen and oxygen atoms in total. The van der Waals surface area contributed by atoms with E-state index in [9.17, 15) is 18.0 Å². The highest BCUT2D eigenvalue weighted by Gasteiger charge is 2.39. The number of aromatic nitrogens is 2. The molecule has 2 atom stereocenters. The van der Waals surface area contributed by atoms with Crippen molar-refractivity contribution in [3.8, 4) is 11.1 Å². The number of likely N-dealkylation sites (N-methyl/N-ethyl adjacent to an activating group) is 1. The third kappa shape index (κ3) is 5.22. The van der Waals surface area contributed by atoms with Crippen LogP contribution in [0.3, 0.4) is 0 Å². The molecular weight excluding hydrogens is 521 g/mol. The summed E-state index contributed by atoms with van der Waals surface area (Å²) in [6.07, 6.45) is 2.59. The van der Waals surface area contributed by atoms with Crippen LogP contribution < -0.4 is 0 Å². The van der Waals surface area contributed by atoms with Gasteiger partial charge < -0.3 is 4.90 Å². The van der Waals surface area contributed by atoms with Crippen molar-refractivity contribution in [2.24, 2.45) is 0 Å². The standard InChI is InChI=1S/C27H28ClF3N4OS/c1-3-35-15-22(26(32-35)27(29,30)31)19-9-5-4-8-18(19)21-14-34(16-23-20(21)13-24(28)37-23)25(36)11-10-17-7-6-12-33(17)2/h4-5,8-11,13,15,17,21H,3,6-7,12,14,16H2,1-2H3/b11-10+/t17?,21-/m0/s1. The van der Waals surface area contributed by atoms with E-state index in [1.807, 2.05) is 24.3 Å². The first-order chi connectivity index (χ1) is 17.7. The highest BCUT2D eigenvalue weighted by atomic mass is 35.5. The highest BCUT2D eigenvalue weighted by Crippen LogP contribution is 2.45. The number of rotatable bonds is 5. The topological polar surface area (TPSA) is 41.4 Å². The monoisotopic (exact) mass is 548 g/mol. The van der Waals surface area contributed by atoms with Crippen LogP contribution in [0.1, 0.15) is 47.4 Å². The van der Waals surface area contributed by atoms with Gasteiger partial charge in [-0.25, -0.2) is 0 Å². The zero-order chi connectivity index (χ0) is 26.3. The summed E-state index contributed by atoms with van der Waals surface area (Å²) in [7, 11) is 2.05. The molecule has 3 aromatic rings. The SMILES string of the molecule is CCn1cc(-c2ccccc2[C@@H]2CN(C(=O)/C=C/C3CCCN3C)Cc3sc(Cl)cc32)c(C(F)(F)F)n1. The lowest BCUT2D eigenvalue weighted by molar-refractivity contribution is -0.141. The smallest absolute Gasteiger partial charge is 0.333 e. The second-order valence-corrected chi connectivity index (χ2v) is 11.3. The van der Waals surface area contributed by atoms with E-state index in [4.69, 9.17) is 11.6 Å². The fourth-order valence-electron chi connectivity index (χ4n) is 5.33. The summed E-state index contributed by atoms with van der Waals surface area (Å²) in [6.45, 7) is 3.87. The maximum atomic E-state index is 14.0. The summed E-state index contributed by atoms with van der Waals surface area (Å²) in [5.41, 5.74) is 1.28. The fourth-order valence-corrected chi connectivity index (χ4v) is 6.69. The van der Waals surface area contributed by atoms with Gasteiger partial charge in [-0.2, -0.15) is 18.3 Å². The zero-order valence-electron chi connectivity index (χ0n) is 20.6. The number of hydrogen-bond donors (Lipinski definition) is 0. The number of carbonyl (C=O) groups is 1. The summed E-state index contributed by atoms with van der Waals surface area (Å²) in [6, 6.07) is 9.22. The molecule has 0 bridgehead atoms. The Hall–Kier alpha value is -2.62. The summed E-state index contributed by atoms with van der Waals surface area (Å²) < 4.78 is 43.8. The van der Waals surface area contributed by atoms with Crippen LogP contribution in [0.15, 0.2) is 48.7 Å². The number of nitrogens with zero attached hydrogens (tertiary/aromatic N) is 4. The molecule has 37 heavy (non-hydrogen) atoms. The van der Waals surface area contributed by atoms with Crippen molar-refractivity contribution in [3.63, 3.8) is 0 Å². The lowest BCUT2D eigenvalue weighted by atomic mass is 9.84. The molecule has 0 N–H and O–H groups in total. The molecule has 0 spiro atoms. The molecule has 0 radical (unpaired) electrons. The van der Waals surface area contributed by atoms with Gasteiger partial charge in [-0.15, -0.1) is 11.3 Å². The molecule has 1 saturated heterocycles. The Labute approximate surface area is 223 Å². The van der Waals surface area contributed by atoms with Crippen LogP contribution in [0.4, 0.5) is 13.2 Å².